The summed E-state index contributed by atoms with van der Waals surface area (Å²) in [4.78, 5) is 0. The quantitative estimate of drug-likeness (QED) is 0.485. The van der Waals surface area contributed by atoms with E-state index < -0.39 is 10.1 Å². The molecule has 0 heterocycles. The Morgan fingerprint density at radius 2 is 1.86 bits per heavy atom. The van der Waals surface area contributed by atoms with E-state index in [0.29, 0.717) is 6.54 Å². The third kappa shape index (κ3) is 11.9. The molecule has 0 aliphatic heterocycles. The fourth-order valence-corrected chi connectivity index (χ4v) is 1.58. The minimum atomic E-state index is -3.84. The lowest BCUT2D eigenvalue weighted by Gasteiger charge is -2.04. The molecule has 0 bridgehead atoms. The highest BCUT2D eigenvalue weighted by Gasteiger charge is 2.01. The second-order valence-electron chi connectivity index (χ2n) is 3.97. The van der Waals surface area contributed by atoms with Crippen LogP contribution in [-0.2, 0) is 10.1 Å². The first-order chi connectivity index (χ1) is 6.42. The van der Waals surface area contributed by atoms with Gasteiger partial charge in [-0.1, -0.05) is 33.1 Å². The van der Waals surface area contributed by atoms with Gasteiger partial charge in [0, 0.05) is 0 Å². The van der Waals surface area contributed by atoms with Crippen LogP contribution in [0.3, 0.4) is 0 Å². The molecular formula is C9H21NO3S. The molecule has 86 valence electrons. The molecule has 0 aromatic rings. The summed E-state index contributed by atoms with van der Waals surface area (Å²) in [5, 5.41) is 2.68. The molecule has 0 aromatic carbocycles. The van der Waals surface area contributed by atoms with Gasteiger partial charge in [-0.05, 0) is 18.9 Å². The summed E-state index contributed by atoms with van der Waals surface area (Å²) in [6.45, 7) is 5.03. The van der Waals surface area contributed by atoms with Crippen LogP contribution < -0.4 is 5.32 Å². The highest BCUT2D eigenvalue weighted by atomic mass is 32.2. The molecule has 5 heteroatoms. The van der Waals surface area contributed by atoms with Gasteiger partial charge in [0.1, 0.15) is 5.88 Å². The number of unbranched alkanes of at least 4 members (excludes halogenated alkanes) is 2. The molecule has 0 aliphatic carbocycles. The fraction of sp³-hybridized carbons (Fsp3) is 1.00. The minimum absolute atomic E-state index is 0.336. The van der Waals surface area contributed by atoms with Crippen molar-refractivity contribution in [2.75, 3.05) is 12.4 Å². The first-order valence-electron chi connectivity index (χ1n) is 5.07. The summed E-state index contributed by atoms with van der Waals surface area (Å²) in [5.74, 6) is 0.401. The molecule has 0 saturated heterocycles. The van der Waals surface area contributed by atoms with Crippen molar-refractivity contribution in [3.8, 4) is 0 Å². The second kappa shape index (κ2) is 7.20. The van der Waals surface area contributed by atoms with Gasteiger partial charge in [0.2, 0.25) is 0 Å². The Hall–Kier alpha value is -0.130. The lowest BCUT2D eigenvalue weighted by molar-refractivity contribution is 0.473. The van der Waals surface area contributed by atoms with Crippen LogP contribution in [0.1, 0.15) is 39.5 Å². The van der Waals surface area contributed by atoms with Gasteiger partial charge in [0.25, 0.3) is 10.1 Å². The van der Waals surface area contributed by atoms with Crippen molar-refractivity contribution >= 4 is 10.1 Å². The number of hydrogen-bond acceptors (Lipinski definition) is 3. The Bertz CT molecular complexity index is 224. The van der Waals surface area contributed by atoms with E-state index in [1.165, 1.54) is 12.8 Å². The van der Waals surface area contributed by atoms with Crippen LogP contribution in [0, 0.1) is 5.92 Å². The Balaban J connectivity index is 3.15. The maximum Gasteiger partial charge on any atom is 0.278 e. The van der Waals surface area contributed by atoms with Crippen molar-refractivity contribution in [2.24, 2.45) is 5.92 Å². The molecule has 2 N–H and O–H groups in total. The smallest absolute Gasteiger partial charge is 0.278 e. The third-order valence-corrected chi connectivity index (χ3v) is 2.49. The molecule has 0 fully saturated rings. The minimum Gasteiger partial charge on any atom is -0.302 e. The molecule has 0 unspecified atom stereocenters. The molecule has 0 aromatic heterocycles. The first kappa shape index (κ1) is 13.9. The second-order valence-corrected chi connectivity index (χ2v) is 5.42. The van der Waals surface area contributed by atoms with Crippen LogP contribution >= 0.6 is 0 Å². The summed E-state index contributed by atoms with van der Waals surface area (Å²) in [6.07, 6.45) is 4.47. The summed E-state index contributed by atoms with van der Waals surface area (Å²) < 4.78 is 29.0. The van der Waals surface area contributed by atoms with E-state index >= 15 is 0 Å². The molecule has 0 radical (unpaired) electrons. The Morgan fingerprint density at radius 3 is 2.36 bits per heavy atom. The molecular weight excluding hydrogens is 202 g/mol. The third-order valence-electron chi connectivity index (χ3n) is 1.92. The molecule has 0 saturated carbocycles. The SMILES string of the molecule is CC(C)CCCCCNCS(=O)(=O)O. The standard InChI is InChI=1S/C9H21NO3S/c1-9(2)6-4-3-5-7-10-8-14(11,12)13/h9-10H,3-8H2,1-2H3,(H,11,12,13). The first-order valence-corrected chi connectivity index (χ1v) is 6.68. The predicted octanol–water partition coefficient (Wildman–Crippen LogP) is 1.64. The van der Waals surface area contributed by atoms with Crippen LogP contribution in [0.2, 0.25) is 0 Å². The lowest BCUT2D eigenvalue weighted by Crippen LogP contribution is -2.23. The Kier molecular flexibility index (Phi) is 7.13. The van der Waals surface area contributed by atoms with Crippen LogP contribution in [0.5, 0.6) is 0 Å². The molecule has 0 rings (SSSR count). The van der Waals surface area contributed by atoms with Gasteiger partial charge in [-0.3, -0.25) is 4.55 Å². The Morgan fingerprint density at radius 1 is 1.21 bits per heavy atom. The van der Waals surface area contributed by atoms with Gasteiger partial charge >= 0.3 is 0 Å². The van der Waals surface area contributed by atoms with E-state index in [2.05, 4.69) is 19.2 Å². The fourth-order valence-electron chi connectivity index (χ4n) is 1.18. The van der Waals surface area contributed by atoms with Gasteiger partial charge in [0.15, 0.2) is 0 Å². The molecule has 0 atom stereocenters. The van der Waals surface area contributed by atoms with Crippen molar-refractivity contribution in [3.05, 3.63) is 0 Å². The molecule has 14 heavy (non-hydrogen) atoms. The summed E-state index contributed by atoms with van der Waals surface area (Å²) in [5.41, 5.74) is 0. The van der Waals surface area contributed by atoms with Crippen molar-refractivity contribution < 1.29 is 13.0 Å². The lowest BCUT2D eigenvalue weighted by atomic mass is 10.1. The monoisotopic (exact) mass is 223 g/mol. The molecule has 0 spiro atoms. The zero-order chi connectivity index (χ0) is 11.0. The Labute approximate surface area is 86.8 Å². The zero-order valence-corrected chi connectivity index (χ0v) is 9.81. The van der Waals surface area contributed by atoms with Crippen LogP contribution in [0.15, 0.2) is 0 Å². The molecule has 0 amide bonds. The number of hydrogen-bond donors (Lipinski definition) is 2. The highest BCUT2D eigenvalue weighted by molar-refractivity contribution is 7.85. The van der Waals surface area contributed by atoms with E-state index in [-0.39, 0.29) is 5.88 Å². The summed E-state index contributed by atoms with van der Waals surface area (Å²) >= 11 is 0. The van der Waals surface area contributed by atoms with E-state index in [1.807, 2.05) is 0 Å². The van der Waals surface area contributed by atoms with Gasteiger partial charge in [-0.25, -0.2) is 0 Å². The summed E-state index contributed by atoms with van der Waals surface area (Å²) in [7, 11) is -3.84. The van der Waals surface area contributed by atoms with E-state index in [0.717, 1.165) is 18.8 Å². The van der Waals surface area contributed by atoms with Crippen LogP contribution in [-0.4, -0.2) is 25.4 Å². The van der Waals surface area contributed by atoms with Crippen molar-refractivity contribution in [3.63, 3.8) is 0 Å². The molecule has 0 aliphatic rings. The zero-order valence-electron chi connectivity index (χ0n) is 8.99. The molecule has 4 nitrogen and oxygen atoms in total. The van der Waals surface area contributed by atoms with E-state index in [1.54, 1.807) is 0 Å². The van der Waals surface area contributed by atoms with Crippen molar-refractivity contribution in [1.82, 2.24) is 5.32 Å². The maximum absolute atomic E-state index is 10.3. The number of rotatable bonds is 8. The van der Waals surface area contributed by atoms with Gasteiger partial charge in [0.05, 0.1) is 0 Å². The average molecular weight is 223 g/mol. The predicted molar refractivity (Wildman–Crippen MR) is 57.7 cm³/mol. The maximum atomic E-state index is 10.3. The van der Waals surface area contributed by atoms with Gasteiger partial charge in [-0.15, -0.1) is 0 Å². The van der Waals surface area contributed by atoms with E-state index in [4.69, 9.17) is 4.55 Å². The average Bonchev–Trinajstić information content (AvgIpc) is 2.00. The topological polar surface area (TPSA) is 66.4 Å². The van der Waals surface area contributed by atoms with Crippen LogP contribution in [0.25, 0.3) is 0 Å². The van der Waals surface area contributed by atoms with Gasteiger partial charge < -0.3 is 5.32 Å². The van der Waals surface area contributed by atoms with Crippen LogP contribution in [0.4, 0.5) is 0 Å². The van der Waals surface area contributed by atoms with Crippen molar-refractivity contribution in [1.29, 1.82) is 0 Å². The van der Waals surface area contributed by atoms with E-state index in [9.17, 15) is 8.42 Å². The van der Waals surface area contributed by atoms with Crippen molar-refractivity contribution in [2.45, 2.75) is 39.5 Å². The summed E-state index contributed by atoms with van der Waals surface area (Å²) in [6, 6.07) is 0. The highest BCUT2D eigenvalue weighted by Crippen LogP contribution is 2.07. The normalized spacial score (nSPS) is 12.3. The number of nitrogens with one attached hydrogen (secondary N) is 1. The largest absolute Gasteiger partial charge is 0.302 e. The van der Waals surface area contributed by atoms with Gasteiger partial charge in [-0.2, -0.15) is 8.42 Å².